The maximum absolute atomic E-state index is 10.4. The maximum atomic E-state index is 10.4. The minimum atomic E-state index is -1.23. The number of benzene rings is 1. The third-order valence-electron chi connectivity index (χ3n) is 3.90. The first-order valence-electron chi connectivity index (χ1n) is 7.59. The van der Waals surface area contributed by atoms with E-state index in [-0.39, 0.29) is 6.04 Å². The van der Waals surface area contributed by atoms with Crippen LogP contribution in [0.3, 0.4) is 0 Å². The van der Waals surface area contributed by atoms with E-state index in [0.29, 0.717) is 27.0 Å². The Morgan fingerprint density at radius 1 is 1.29 bits per heavy atom. The monoisotopic (exact) mass is 375 g/mol. The van der Waals surface area contributed by atoms with Crippen molar-refractivity contribution in [2.45, 2.75) is 44.4 Å². The van der Waals surface area contributed by atoms with Gasteiger partial charge in [0.25, 0.3) is 0 Å². The van der Waals surface area contributed by atoms with Crippen LogP contribution < -0.4 is 5.32 Å². The highest BCUT2D eigenvalue weighted by Crippen LogP contribution is 2.37. The molecule has 1 aliphatic rings. The molecule has 2 aromatic rings. The molecule has 0 unspecified atom stereocenters. The third kappa shape index (κ3) is 2.96. The molecule has 0 saturated carbocycles. The van der Waals surface area contributed by atoms with E-state index >= 15 is 0 Å². The van der Waals surface area contributed by atoms with Gasteiger partial charge in [-0.1, -0.05) is 23.2 Å². The van der Waals surface area contributed by atoms with E-state index < -0.39 is 31.1 Å². The molecule has 0 spiro atoms. The number of rotatable bonds is 4. The molecule has 24 heavy (non-hydrogen) atoms. The van der Waals surface area contributed by atoms with Crippen LogP contribution in [0.2, 0.25) is 10.0 Å². The zero-order valence-corrected chi connectivity index (χ0v) is 14.7. The molecule has 1 saturated heterocycles. The minimum absolute atomic E-state index is 0.0620. The second-order valence-electron chi connectivity index (χ2n) is 6.09. The van der Waals surface area contributed by atoms with Crippen molar-refractivity contribution in [2.24, 2.45) is 0 Å². The fraction of sp³-hybridized carbons (Fsp3) is 0.533. The molecule has 7 nitrogen and oxygen atoms in total. The molecule has 0 radical (unpaired) electrons. The average molecular weight is 376 g/mol. The molecule has 132 valence electrons. The van der Waals surface area contributed by atoms with Gasteiger partial charge in [-0.3, -0.25) is 4.57 Å². The number of aromatic nitrogens is 2. The molecule has 3 rings (SSSR count). The predicted molar refractivity (Wildman–Crippen MR) is 91.5 cm³/mol. The molecule has 0 bridgehead atoms. The van der Waals surface area contributed by atoms with E-state index in [1.165, 1.54) is 0 Å². The molecule has 0 amide bonds. The zero-order valence-electron chi connectivity index (χ0n) is 13.1. The summed E-state index contributed by atoms with van der Waals surface area (Å²) in [4.78, 5) is 4.47. The van der Waals surface area contributed by atoms with Crippen molar-refractivity contribution in [3.05, 3.63) is 22.2 Å². The first-order chi connectivity index (χ1) is 11.3. The van der Waals surface area contributed by atoms with Crippen molar-refractivity contribution in [1.82, 2.24) is 9.55 Å². The van der Waals surface area contributed by atoms with Crippen LogP contribution >= 0.6 is 23.2 Å². The van der Waals surface area contributed by atoms with Gasteiger partial charge < -0.3 is 25.4 Å². The number of nitrogens with zero attached hydrogens (tertiary/aromatic N) is 2. The summed E-state index contributed by atoms with van der Waals surface area (Å²) >= 11 is 12.3. The number of halogens is 2. The Morgan fingerprint density at radius 3 is 2.58 bits per heavy atom. The average Bonchev–Trinajstić information content (AvgIpc) is 2.98. The molecule has 1 aliphatic heterocycles. The predicted octanol–water partition coefficient (Wildman–Crippen LogP) is 1.77. The number of fused-ring (bicyclic) bond motifs is 1. The Balaban J connectivity index is 2.17. The Hall–Kier alpha value is -1.09. The van der Waals surface area contributed by atoms with Crippen LogP contribution in [-0.2, 0) is 4.74 Å². The molecule has 1 aromatic heterocycles. The van der Waals surface area contributed by atoms with Crippen molar-refractivity contribution in [3.8, 4) is 0 Å². The lowest BCUT2D eigenvalue weighted by molar-refractivity contribution is -0.0499. The number of anilines is 1. The van der Waals surface area contributed by atoms with Crippen LogP contribution in [0.25, 0.3) is 11.0 Å². The first kappa shape index (κ1) is 17.7. The van der Waals surface area contributed by atoms with E-state index in [1.807, 2.05) is 13.8 Å². The van der Waals surface area contributed by atoms with Gasteiger partial charge in [-0.25, -0.2) is 4.98 Å². The van der Waals surface area contributed by atoms with Crippen molar-refractivity contribution in [1.29, 1.82) is 0 Å². The largest absolute Gasteiger partial charge is 0.394 e. The van der Waals surface area contributed by atoms with Gasteiger partial charge in [0.2, 0.25) is 5.95 Å². The molecule has 1 fully saturated rings. The van der Waals surface area contributed by atoms with Crippen LogP contribution in [0.1, 0.15) is 20.1 Å². The number of ether oxygens (including phenoxy) is 1. The summed E-state index contributed by atoms with van der Waals surface area (Å²) in [6.07, 6.45) is -4.26. The second-order valence-corrected chi connectivity index (χ2v) is 6.93. The van der Waals surface area contributed by atoms with Crippen LogP contribution in [0.5, 0.6) is 0 Å². The molecular formula is C15H19Cl2N3O4. The van der Waals surface area contributed by atoms with Gasteiger partial charge in [0.05, 0.1) is 17.1 Å². The molecule has 2 heterocycles. The highest BCUT2D eigenvalue weighted by atomic mass is 35.5. The van der Waals surface area contributed by atoms with Gasteiger partial charge in [-0.2, -0.15) is 0 Å². The van der Waals surface area contributed by atoms with Gasteiger partial charge in [0.1, 0.15) is 23.8 Å². The maximum Gasteiger partial charge on any atom is 0.206 e. The van der Waals surface area contributed by atoms with Crippen molar-refractivity contribution in [2.75, 3.05) is 11.9 Å². The quantitative estimate of drug-likeness (QED) is 0.649. The van der Waals surface area contributed by atoms with Crippen molar-refractivity contribution in [3.63, 3.8) is 0 Å². The standard InChI is InChI=1S/C15H19Cl2N3O4/c1-6(2)18-15-19-11-8(17)3-7(16)4-9(11)20(15)14-13(23)12(22)10(5-21)24-14/h3-4,6,10,12-14,21-23H,5H2,1-2H3,(H,18,19)/t10-,12-,13-,14-/m0/s1. The fourth-order valence-electron chi connectivity index (χ4n) is 2.83. The van der Waals surface area contributed by atoms with Gasteiger partial charge in [0, 0.05) is 11.1 Å². The number of aliphatic hydroxyl groups is 3. The highest BCUT2D eigenvalue weighted by molar-refractivity contribution is 6.38. The van der Waals surface area contributed by atoms with Gasteiger partial charge >= 0.3 is 0 Å². The van der Waals surface area contributed by atoms with Crippen LogP contribution in [-0.4, -0.2) is 55.8 Å². The van der Waals surface area contributed by atoms with Crippen molar-refractivity contribution >= 4 is 40.2 Å². The highest BCUT2D eigenvalue weighted by Gasteiger charge is 2.44. The lowest BCUT2D eigenvalue weighted by Crippen LogP contribution is -2.33. The van der Waals surface area contributed by atoms with E-state index in [2.05, 4.69) is 10.3 Å². The molecule has 4 N–H and O–H groups in total. The number of imidazole rings is 1. The first-order valence-corrected chi connectivity index (χ1v) is 8.35. The summed E-state index contributed by atoms with van der Waals surface area (Å²) in [5, 5.41) is 33.7. The molecule has 4 atom stereocenters. The Kier molecular flexibility index (Phi) is 4.92. The summed E-state index contributed by atoms with van der Waals surface area (Å²) in [5.41, 5.74) is 1.06. The van der Waals surface area contributed by atoms with Crippen LogP contribution in [0, 0.1) is 0 Å². The lowest BCUT2D eigenvalue weighted by Gasteiger charge is -2.21. The SMILES string of the molecule is CC(C)Nc1nc2c(Cl)cc(Cl)cc2n1[C@H]1O[C@@H](CO)[C@H](O)[C@@H]1O. The Labute approximate surface area is 148 Å². The Morgan fingerprint density at radius 2 is 2.00 bits per heavy atom. The zero-order chi connectivity index (χ0) is 17.6. The fourth-order valence-corrected chi connectivity index (χ4v) is 3.36. The Bertz CT molecular complexity index is 752. The summed E-state index contributed by atoms with van der Waals surface area (Å²) in [6.45, 7) is 3.47. The molecule has 9 heteroatoms. The van der Waals surface area contributed by atoms with E-state index in [9.17, 15) is 15.3 Å². The third-order valence-corrected chi connectivity index (χ3v) is 4.41. The van der Waals surface area contributed by atoms with Gasteiger partial charge in [0.15, 0.2) is 6.23 Å². The summed E-state index contributed by atoms with van der Waals surface area (Å²) < 4.78 is 7.24. The topological polar surface area (TPSA) is 99.8 Å². The van der Waals surface area contributed by atoms with Crippen LogP contribution in [0.15, 0.2) is 12.1 Å². The lowest BCUT2D eigenvalue weighted by atomic mass is 10.1. The van der Waals surface area contributed by atoms with E-state index in [4.69, 9.17) is 27.9 Å². The minimum Gasteiger partial charge on any atom is -0.394 e. The second kappa shape index (κ2) is 6.67. The van der Waals surface area contributed by atoms with Gasteiger partial charge in [-0.15, -0.1) is 0 Å². The summed E-state index contributed by atoms with van der Waals surface area (Å²) in [7, 11) is 0. The molecule has 1 aromatic carbocycles. The van der Waals surface area contributed by atoms with Gasteiger partial charge in [-0.05, 0) is 26.0 Å². The smallest absolute Gasteiger partial charge is 0.206 e. The molecule has 0 aliphatic carbocycles. The van der Waals surface area contributed by atoms with E-state index in [0.717, 1.165) is 0 Å². The molecular weight excluding hydrogens is 357 g/mol. The number of hydrogen-bond donors (Lipinski definition) is 4. The van der Waals surface area contributed by atoms with Crippen LogP contribution in [0.4, 0.5) is 5.95 Å². The number of aliphatic hydroxyl groups excluding tert-OH is 3. The van der Waals surface area contributed by atoms with E-state index in [1.54, 1.807) is 16.7 Å². The van der Waals surface area contributed by atoms with Crippen molar-refractivity contribution < 1.29 is 20.1 Å². The summed E-state index contributed by atoms with van der Waals surface area (Å²) in [5.74, 6) is 0.430. The normalized spacial score (nSPS) is 27.3. The number of hydrogen-bond acceptors (Lipinski definition) is 6. The summed E-state index contributed by atoms with van der Waals surface area (Å²) in [6, 6.07) is 3.31. The number of nitrogens with one attached hydrogen (secondary N) is 1.